The first-order valence-corrected chi connectivity index (χ1v) is 14.2. The van der Waals surface area contributed by atoms with Crippen molar-refractivity contribution in [3.8, 4) is 5.75 Å². The molecular formula is C30H17BrClF6NO5. The normalized spacial score (nSPS) is 25.5. The number of phenols is 1. The number of rotatable bonds is 2. The van der Waals surface area contributed by atoms with E-state index in [4.69, 9.17) is 11.6 Å². The fourth-order valence-electron chi connectivity index (χ4n) is 6.64. The standard InChI is InChI=1S/C30H17BrClF6NO5/c31-20-10-22(41)25-19(26(20)42)9-17-15(23(25)18-8-13(32)1-4-21(18)40)2-3-16-24(17)28(44)39(27(16)43)14-6-11(29(33,34)35)5-12(7-14)30(36,37)38/h1-2,4-8,10,16-17,23-24,40H,3,9H2. The minimum absolute atomic E-state index is 0.00803. The highest BCUT2D eigenvalue weighted by Gasteiger charge is 2.57. The summed E-state index contributed by atoms with van der Waals surface area (Å²) in [5.74, 6) is -7.89. The largest absolute Gasteiger partial charge is 0.508 e. The Bertz CT molecular complexity index is 1760. The zero-order chi connectivity index (χ0) is 32.0. The lowest BCUT2D eigenvalue weighted by Crippen LogP contribution is -2.39. The number of ketones is 2. The lowest BCUT2D eigenvalue weighted by atomic mass is 9.59. The molecule has 2 amide bonds. The molecule has 0 spiro atoms. The maximum atomic E-state index is 13.9. The van der Waals surface area contributed by atoms with Gasteiger partial charge in [0.1, 0.15) is 5.75 Å². The highest BCUT2D eigenvalue weighted by Crippen LogP contribution is 2.57. The van der Waals surface area contributed by atoms with E-state index >= 15 is 0 Å². The minimum atomic E-state index is -5.21. The van der Waals surface area contributed by atoms with Gasteiger partial charge >= 0.3 is 12.4 Å². The average Bonchev–Trinajstić information content (AvgIpc) is 3.20. The molecule has 0 bridgehead atoms. The number of alkyl halides is 6. The van der Waals surface area contributed by atoms with Gasteiger partial charge in [-0.1, -0.05) is 23.3 Å². The lowest BCUT2D eigenvalue weighted by Gasteiger charge is -2.42. The van der Waals surface area contributed by atoms with E-state index in [1.54, 1.807) is 6.08 Å². The number of phenolic OH excluding ortho intramolecular Hbond substituents is 1. The molecule has 2 aromatic carbocycles. The van der Waals surface area contributed by atoms with Crippen LogP contribution in [-0.4, -0.2) is 28.5 Å². The lowest BCUT2D eigenvalue weighted by molar-refractivity contribution is -0.143. The first-order valence-electron chi connectivity index (χ1n) is 13.0. The van der Waals surface area contributed by atoms with Crippen LogP contribution in [0, 0.1) is 17.8 Å². The van der Waals surface area contributed by atoms with Gasteiger partial charge in [0.2, 0.25) is 11.8 Å². The number of aromatic hydroxyl groups is 1. The number of benzene rings is 2. The van der Waals surface area contributed by atoms with Gasteiger partial charge in [-0.15, -0.1) is 0 Å². The van der Waals surface area contributed by atoms with Crippen molar-refractivity contribution in [2.24, 2.45) is 17.8 Å². The van der Waals surface area contributed by atoms with Crippen molar-refractivity contribution < 1.29 is 50.6 Å². The molecule has 1 fully saturated rings. The van der Waals surface area contributed by atoms with Crippen LogP contribution in [0.5, 0.6) is 5.75 Å². The Labute approximate surface area is 257 Å². The number of carbonyl (C=O) groups is 4. The maximum absolute atomic E-state index is 13.9. The summed E-state index contributed by atoms with van der Waals surface area (Å²) in [6, 6.07) is 4.60. The topological polar surface area (TPSA) is 91.8 Å². The molecule has 228 valence electrons. The first-order chi connectivity index (χ1) is 20.5. The van der Waals surface area contributed by atoms with Gasteiger partial charge in [0.25, 0.3) is 0 Å². The van der Waals surface area contributed by atoms with Crippen LogP contribution >= 0.6 is 27.5 Å². The maximum Gasteiger partial charge on any atom is 0.416 e. The summed E-state index contributed by atoms with van der Waals surface area (Å²) in [5.41, 5.74) is -3.67. The summed E-state index contributed by atoms with van der Waals surface area (Å²) < 4.78 is 81.5. The molecule has 1 aliphatic heterocycles. The van der Waals surface area contributed by atoms with E-state index in [-0.39, 0.29) is 50.9 Å². The molecule has 6 nitrogen and oxygen atoms in total. The monoisotopic (exact) mass is 699 g/mol. The van der Waals surface area contributed by atoms with E-state index < -0.39 is 76.2 Å². The van der Waals surface area contributed by atoms with Crippen LogP contribution in [0.15, 0.2) is 69.8 Å². The number of carbonyl (C=O) groups excluding carboxylic acids is 4. The Hall–Kier alpha value is -3.71. The minimum Gasteiger partial charge on any atom is -0.508 e. The summed E-state index contributed by atoms with van der Waals surface area (Å²) in [5, 5.41) is 11.0. The van der Waals surface area contributed by atoms with Crippen LogP contribution in [0.3, 0.4) is 0 Å². The van der Waals surface area contributed by atoms with Crippen LogP contribution in [0.25, 0.3) is 0 Å². The molecule has 44 heavy (non-hydrogen) atoms. The van der Waals surface area contributed by atoms with E-state index in [0.717, 1.165) is 6.08 Å². The van der Waals surface area contributed by atoms with Gasteiger partial charge in [0.15, 0.2) is 11.6 Å². The van der Waals surface area contributed by atoms with Gasteiger partial charge in [-0.2, -0.15) is 26.3 Å². The van der Waals surface area contributed by atoms with Crippen molar-refractivity contribution in [2.45, 2.75) is 31.1 Å². The summed E-state index contributed by atoms with van der Waals surface area (Å²) in [7, 11) is 0. The second kappa shape index (κ2) is 10.2. The Balaban J connectivity index is 1.49. The van der Waals surface area contributed by atoms with Gasteiger partial charge < -0.3 is 5.11 Å². The number of nitrogens with zero attached hydrogens (tertiary/aromatic N) is 1. The molecule has 3 aliphatic carbocycles. The average molecular weight is 701 g/mol. The quantitative estimate of drug-likeness (QED) is 0.157. The molecule has 1 saturated heterocycles. The molecule has 1 N–H and O–H groups in total. The molecule has 14 heteroatoms. The molecule has 1 heterocycles. The van der Waals surface area contributed by atoms with Crippen LogP contribution in [0.2, 0.25) is 5.02 Å². The second-order valence-electron chi connectivity index (χ2n) is 10.9. The van der Waals surface area contributed by atoms with Crippen LogP contribution in [0.4, 0.5) is 32.0 Å². The SMILES string of the molecule is O=C1C=C(Br)C(=O)C2=C1C(c1cc(Cl)ccc1O)C1=CCC3C(=O)N(c4cc(C(F)(F)F)cc(C(F)(F)F)c4)C(=O)C3C1C2. The predicted molar refractivity (Wildman–Crippen MR) is 147 cm³/mol. The number of Topliss-reactive ketones (excluding diaryl/α,β-unsaturated/α-hetero) is 1. The third kappa shape index (κ3) is 4.71. The van der Waals surface area contributed by atoms with E-state index in [2.05, 4.69) is 15.9 Å². The van der Waals surface area contributed by atoms with Crippen molar-refractivity contribution in [1.82, 2.24) is 0 Å². The van der Waals surface area contributed by atoms with Crippen molar-refractivity contribution in [2.75, 3.05) is 4.90 Å². The number of allylic oxidation sites excluding steroid dienone is 6. The zero-order valence-electron chi connectivity index (χ0n) is 21.9. The number of amides is 2. The van der Waals surface area contributed by atoms with E-state index in [1.807, 2.05) is 0 Å². The number of hydrogen-bond donors (Lipinski definition) is 1. The van der Waals surface area contributed by atoms with E-state index in [1.165, 1.54) is 18.2 Å². The fraction of sp³-hybridized carbons (Fsp3) is 0.267. The first kappa shape index (κ1) is 30.3. The smallest absolute Gasteiger partial charge is 0.416 e. The molecule has 0 aromatic heterocycles. The van der Waals surface area contributed by atoms with Crippen LogP contribution in [-0.2, 0) is 31.5 Å². The van der Waals surface area contributed by atoms with Crippen molar-refractivity contribution in [1.29, 1.82) is 0 Å². The fourth-order valence-corrected chi connectivity index (χ4v) is 7.27. The summed E-state index contributed by atoms with van der Waals surface area (Å²) >= 11 is 9.27. The molecule has 4 atom stereocenters. The molecule has 4 aliphatic rings. The molecule has 0 saturated carbocycles. The van der Waals surface area contributed by atoms with Gasteiger partial charge in [0, 0.05) is 33.7 Å². The Morgan fingerprint density at radius 3 is 2.14 bits per heavy atom. The molecule has 2 aromatic rings. The van der Waals surface area contributed by atoms with E-state index in [0.29, 0.717) is 22.6 Å². The van der Waals surface area contributed by atoms with Crippen molar-refractivity contribution in [3.63, 3.8) is 0 Å². The van der Waals surface area contributed by atoms with Crippen molar-refractivity contribution >= 4 is 56.6 Å². The Morgan fingerprint density at radius 1 is 0.886 bits per heavy atom. The highest BCUT2D eigenvalue weighted by atomic mass is 79.9. The van der Waals surface area contributed by atoms with E-state index in [9.17, 15) is 50.6 Å². The Kier molecular flexibility index (Phi) is 7.00. The predicted octanol–water partition coefficient (Wildman–Crippen LogP) is 7.05. The number of anilines is 1. The third-order valence-corrected chi connectivity index (χ3v) is 9.29. The van der Waals surface area contributed by atoms with Crippen LogP contribution < -0.4 is 4.90 Å². The molecular weight excluding hydrogens is 684 g/mol. The van der Waals surface area contributed by atoms with Gasteiger partial charge in [-0.25, -0.2) is 4.90 Å². The number of hydrogen-bond acceptors (Lipinski definition) is 5. The number of imide groups is 1. The molecule has 4 unspecified atom stereocenters. The van der Waals surface area contributed by atoms with Gasteiger partial charge in [-0.05, 0) is 71.1 Å². The summed E-state index contributed by atoms with van der Waals surface area (Å²) in [4.78, 5) is 54.4. The van der Waals surface area contributed by atoms with Crippen molar-refractivity contribution in [3.05, 3.63) is 91.5 Å². The molecule has 0 radical (unpaired) electrons. The summed E-state index contributed by atoms with van der Waals surface area (Å²) in [6.45, 7) is 0. The van der Waals surface area contributed by atoms with Gasteiger partial charge in [0.05, 0.1) is 33.1 Å². The number of fused-ring (bicyclic) bond motifs is 3. The highest BCUT2D eigenvalue weighted by molar-refractivity contribution is 9.12. The van der Waals surface area contributed by atoms with Crippen LogP contribution in [0.1, 0.15) is 35.4 Å². The van der Waals surface area contributed by atoms with Gasteiger partial charge in [-0.3, -0.25) is 19.2 Å². The number of halogens is 8. The second-order valence-corrected chi connectivity index (χ2v) is 12.2. The zero-order valence-corrected chi connectivity index (χ0v) is 24.2. The summed E-state index contributed by atoms with van der Waals surface area (Å²) in [6.07, 6.45) is -8.11. The Morgan fingerprint density at radius 2 is 1.52 bits per heavy atom. The molecule has 6 rings (SSSR count). The third-order valence-electron chi connectivity index (χ3n) is 8.46.